The minimum absolute atomic E-state index is 0.0719. The molecule has 0 N–H and O–H groups in total. The molecule has 1 atom stereocenters. The Balaban J connectivity index is 1.80. The van der Waals surface area contributed by atoms with Crippen molar-refractivity contribution in [2.45, 2.75) is 37.6 Å². The summed E-state index contributed by atoms with van der Waals surface area (Å²) in [6.45, 7) is 5.94. The summed E-state index contributed by atoms with van der Waals surface area (Å²) in [7, 11) is 0. The van der Waals surface area contributed by atoms with Crippen molar-refractivity contribution < 1.29 is 4.79 Å². The molecule has 0 spiro atoms. The van der Waals surface area contributed by atoms with E-state index in [1.807, 2.05) is 67.8 Å². The van der Waals surface area contributed by atoms with E-state index in [1.54, 1.807) is 0 Å². The Morgan fingerprint density at radius 3 is 2.00 bits per heavy atom. The molecule has 2 aromatic heterocycles. The maximum atomic E-state index is 13.5. The van der Waals surface area contributed by atoms with Gasteiger partial charge in [-0.15, -0.1) is 0 Å². The molecule has 4 rings (SSSR count). The fourth-order valence-corrected chi connectivity index (χ4v) is 4.51. The zero-order valence-electron chi connectivity index (χ0n) is 15.6. The average Bonchev–Trinajstić information content (AvgIpc) is 2.99. The fraction of sp³-hybridized carbons (Fsp3) is 0.227. The van der Waals surface area contributed by atoms with Crippen LogP contribution in [0.15, 0.2) is 59.8 Å². The molecule has 0 saturated heterocycles. The van der Waals surface area contributed by atoms with E-state index >= 15 is 0 Å². The van der Waals surface area contributed by atoms with E-state index in [9.17, 15) is 4.79 Å². The molecule has 2 heterocycles. The minimum atomic E-state index is -0.245. The number of nitrogens with zero attached hydrogens (tertiary/aromatic N) is 3. The van der Waals surface area contributed by atoms with E-state index in [1.165, 1.54) is 11.8 Å². The van der Waals surface area contributed by atoms with Crippen molar-refractivity contribution in [3.8, 4) is 0 Å². The Hall–Kier alpha value is -2.66. The fourth-order valence-electron chi connectivity index (χ4n) is 3.49. The monoisotopic (exact) mass is 375 g/mol. The summed E-state index contributed by atoms with van der Waals surface area (Å²) in [6, 6.07) is 18.1. The predicted octanol–water partition coefficient (Wildman–Crippen LogP) is 5.41. The summed E-state index contributed by atoms with van der Waals surface area (Å²) in [4.78, 5) is 22.5. The third-order valence-electron chi connectivity index (χ3n) is 4.66. The topological polar surface area (TPSA) is 47.8 Å². The number of fused-ring (bicyclic) bond motifs is 3. The summed E-state index contributed by atoms with van der Waals surface area (Å²) in [6.07, 6.45) is 0.709. The molecule has 4 nitrogen and oxygen atoms in total. The molecule has 4 aromatic rings. The van der Waals surface area contributed by atoms with Crippen LogP contribution < -0.4 is 0 Å². The van der Waals surface area contributed by atoms with Crippen molar-refractivity contribution in [3.63, 3.8) is 0 Å². The van der Waals surface area contributed by atoms with E-state index in [0.29, 0.717) is 11.6 Å². The van der Waals surface area contributed by atoms with Gasteiger partial charge in [-0.05, 0) is 38.5 Å². The molecule has 0 bridgehead atoms. The van der Waals surface area contributed by atoms with Gasteiger partial charge in [-0.3, -0.25) is 9.36 Å². The van der Waals surface area contributed by atoms with Crippen LogP contribution in [0.2, 0.25) is 0 Å². The Morgan fingerprint density at radius 2 is 1.48 bits per heavy atom. The van der Waals surface area contributed by atoms with Crippen LogP contribution >= 0.6 is 11.8 Å². The van der Waals surface area contributed by atoms with Crippen LogP contribution in [0.5, 0.6) is 0 Å². The number of thioether (sulfide) groups is 1. The van der Waals surface area contributed by atoms with Gasteiger partial charge >= 0.3 is 0 Å². The Bertz CT molecular complexity index is 1080. The van der Waals surface area contributed by atoms with Crippen LogP contribution in [0.3, 0.4) is 0 Å². The number of rotatable bonds is 4. The van der Waals surface area contributed by atoms with Crippen LogP contribution in [0.25, 0.3) is 21.8 Å². The van der Waals surface area contributed by atoms with E-state index in [-0.39, 0.29) is 11.2 Å². The van der Waals surface area contributed by atoms with Crippen molar-refractivity contribution in [2.24, 2.45) is 0 Å². The lowest BCUT2D eigenvalue weighted by molar-refractivity contribution is 0.0919. The molecule has 0 aliphatic carbocycles. The molecule has 0 radical (unpaired) electrons. The first-order valence-electron chi connectivity index (χ1n) is 9.10. The first kappa shape index (κ1) is 17.7. The lowest BCUT2D eigenvalue weighted by atomic mass is 10.2. The number of aromatic nitrogens is 3. The van der Waals surface area contributed by atoms with Gasteiger partial charge in [0.15, 0.2) is 5.16 Å². The number of benzene rings is 2. The molecule has 0 amide bonds. The summed E-state index contributed by atoms with van der Waals surface area (Å²) in [5.74, 6) is 0.0719. The molecule has 0 fully saturated rings. The van der Waals surface area contributed by atoms with E-state index in [0.717, 1.165) is 33.2 Å². The molecular weight excluding hydrogens is 354 g/mol. The van der Waals surface area contributed by atoms with E-state index < -0.39 is 0 Å². The van der Waals surface area contributed by atoms with Crippen LogP contribution in [-0.2, 0) is 0 Å². The number of hydrogen-bond donors (Lipinski definition) is 0. The number of carbonyl (C=O) groups excluding carboxylic acids is 1. The smallest absolute Gasteiger partial charge is 0.245 e. The molecule has 1 unspecified atom stereocenters. The Kier molecular flexibility index (Phi) is 4.70. The van der Waals surface area contributed by atoms with Crippen molar-refractivity contribution in [3.05, 3.63) is 66.0 Å². The molecule has 136 valence electrons. The third-order valence-corrected chi connectivity index (χ3v) is 5.87. The minimum Gasteiger partial charge on any atom is -0.279 e. The third kappa shape index (κ3) is 3.23. The number of para-hydroxylation sites is 2. The van der Waals surface area contributed by atoms with Gasteiger partial charge in [-0.1, -0.05) is 55.1 Å². The largest absolute Gasteiger partial charge is 0.279 e. The molecule has 0 saturated carbocycles. The predicted molar refractivity (Wildman–Crippen MR) is 112 cm³/mol. The van der Waals surface area contributed by atoms with Crippen molar-refractivity contribution >= 4 is 39.5 Å². The highest BCUT2D eigenvalue weighted by Crippen LogP contribution is 2.32. The second-order valence-corrected chi connectivity index (χ2v) is 7.83. The number of aryl methyl sites for hydroxylation is 2. The number of hydrogen-bond acceptors (Lipinski definition) is 4. The van der Waals surface area contributed by atoms with Crippen LogP contribution in [0.1, 0.15) is 29.5 Å². The lowest BCUT2D eigenvalue weighted by Gasteiger charge is -2.15. The SMILES string of the molecule is CCC(Sc1nc(C)cc(C)n1)C(=O)n1c2ccccc2c2ccccc21. The van der Waals surface area contributed by atoms with E-state index in [4.69, 9.17) is 0 Å². The molecule has 0 aliphatic heterocycles. The standard InChI is InChI=1S/C22H21N3OS/c1-4-20(27-22-23-14(2)13-15(3)24-22)21(26)25-18-11-7-5-9-16(18)17-10-6-8-12-19(17)25/h5-13,20H,4H2,1-3H3. The van der Waals surface area contributed by atoms with Gasteiger partial charge in [0.05, 0.1) is 16.3 Å². The molecule has 0 aliphatic rings. The number of carbonyl (C=O) groups is 1. The van der Waals surface area contributed by atoms with E-state index in [2.05, 4.69) is 22.1 Å². The maximum Gasteiger partial charge on any atom is 0.245 e. The quantitative estimate of drug-likeness (QED) is 0.353. The first-order valence-corrected chi connectivity index (χ1v) is 9.97. The van der Waals surface area contributed by atoms with Crippen LogP contribution in [0, 0.1) is 13.8 Å². The highest BCUT2D eigenvalue weighted by Gasteiger charge is 2.24. The normalized spacial score (nSPS) is 12.6. The summed E-state index contributed by atoms with van der Waals surface area (Å²) < 4.78 is 1.86. The van der Waals surface area contributed by atoms with Crippen LogP contribution in [0.4, 0.5) is 0 Å². The summed E-state index contributed by atoms with van der Waals surface area (Å²) in [5, 5.41) is 2.62. The Morgan fingerprint density at radius 1 is 0.963 bits per heavy atom. The van der Waals surface area contributed by atoms with Gasteiger partial charge in [0, 0.05) is 22.2 Å². The van der Waals surface area contributed by atoms with Gasteiger partial charge in [-0.2, -0.15) is 0 Å². The summed E-state index contributed by atoms with van der Waals surface area (Å²) >= 11 is 1.45. The highest BCUT2D eigenvalue weighted by atomic mass is 32.2. The first-order chi connectivity index (χ1) is 13.1. The summed E-state index contributed by atoms with van der Waals surface area (Å²) in [5.41, 5.74) is 3.74. The molecular formula is C22H21N3OS. The zero-order valence-corrected chi connectivity index (χ0v) is 16.5. The molecule has 27 heavy (non-hydrogen) atoms. The Labute approximate surface area is 162 Å². The molecule has 2 aromatic carbocycles. The van der Waals surface area contributed by atoms with Gasteiger partial charge in [-0.25, -0.2) is 9.97 Å². The lowest BCUT2D eigenvalue weighted by Crippen LogP contribution is -2.23. The van der Waals surface area contributed by atoms with Crippen LogP contribution in [-0.4, -0.2) is 25.7 Å². The van der Waals surface area contributed by atoms with Gasteiger partial charge < -0.3 is 0 Å². The van der Waals surface area contributed by atoms with Gasteiger partial charge in [0.2, 0.25) is 5.91 Å². The van der Waals surface area contributed by atoms with Crippen molar-refractivity contribution in [1.82, 2.24) is 14.5 Å². The second kappa shape index (κ2) is 7.16. The van der Waals surface area contributed by atoms with Crippen molar-refractivity contribution in [1.29, 1.82) is 0 Å². The van der Waals surface area contributed by atoms with Gasteiger partial charge in [0.25, 0.3) is 0 Å². The highest BCUT2D eigenvalue weighted by molar-refractivity contribution is 8.00. The second-order valence-electron chi connectivity index (χ2n) is 6.66. The van der Waals surface area contributed by atoms with Crippen molar-refractivity contribution in [2.75, 3.05) is 0 Å². The zero-order chi connectivity index (χ0) is 19.0. The maximum absolute atomic E-state index is 13.5. The van der Waals surface area contributed by atoms with Gasteiger partial charge in [0.1, 0.15) is 0 Å². The molecule has 5 heteroatoms. The average molecular weight is 375 g/mol.